The number of sulfonamides is 1. The number of carbonyl (C=O) groups is 1. The van der Waals surface area contributed by atoms with E-state index in [4.69, 9.17) is 0 Å². The standard InChI is InChI=1S/C20H26N2O3S/c1-16(2)17-10-12-19(13-11-17)22(26(4,24)25)15-14-20(23)21(3)18-8-6-5-7-9-18/h5-13,16H,14-15H2,1-4H3. The molecule has 0 aromatic heterocycles. The van der Waals surface area contributed by atoms with Gasteiger partial charge < -0.3 is 4.90 Å². The van der Waals surface area contributed by atoms with Crippen molar-refractivity contribution in [3.63, 3.8) is 0 Å². The molecule has 0 aliphatic carbocycles. The third kappa shape index (κ3) is 5.08. The molecule has 6 heteroatoms. The first kappa shape index (κ1) is 20.0. The highest BCUT2D eigenvalue weighted by Crippen LogP contribution is 2.22. The van der Waals surface area contributed by atoms with Gasteiger partial charge in [-0.15, -0.1) is 0 Å². The van der Waals surface area contributed by atoms with Crippen molar-refractivity contribution < 1.29 is 13.2 Å². The molecule has 0 aliphatic rings. The summed E-state index contributed by atoms with van der Waals surface area (Å²) < 4.78 is 25.7. The Balaban J connectivity index is 2.13. The first-order chi connectivity index (χ1) is 12.2. The lowest BCUT2D eigenvalue weighted by molar-refractivity contribution is -0.118. The van der Waals surface area contributed by atoms with Crippen molar-refractivity contribution in [2.75, 3.05) is 29.1 Å². The van der Waals surface area contributed by atoms with Crippen LogP contribution in [0.5, 0.6) is 0 Å². The van der Waals surface area contributed by atoms with Crippen LogP contribution < -0.4 is 9.21 Å². The van der Waals surface area contributed by atoms with Crippen LogP contribution in [0.4, 0.5) is 11.4 Å². The molecule has 2 aromatic carbocycles. The van der Waals surface area contributed by atoms with Gasteiger partial charge in [-0.05, 0) is 35.7 Å². The average Bonchev–Trinajstić information content (AvgIpc) is 2.61. The van der Waals surface area contributed by atoms with Crippen LogP contribution in [0.25, 0.3) is 0 Å². The van der Waals surface area contributed by atoms with Gasteiger partial charge in [-0.1, -0.05) is 44.2 Å². The van der Waals surface area contributed by atoms with E-state index in [2.05, 4.69) is 13.8 Å². The zero-order valence-corrected chi connectivity index (χ0v) is 16.5. The molecule has 0 saturated heterocycles. The Hall–Kier alpha value is -2.34. The maximum Gasteiger partial charge on any atom is 0.232 e. The summed E-state index contributed by atoms with van der Waals surface area (Å²) in [5.41, 5.74) is 2.50. The molecule has 2 aromatic rings. The van der Waals surface area contributed by atoms with E-state index in [-0.39, 0.29) is 18.9 Å². The second-order valence-electron chi connectivity index (χ2n) is 6.62. The van der Waals surface area contributed by atoms with Crippen LogP contribution in [0.3, 0.4) is 0 Å². The topological polar surface area (TPSA) is 57.7 Å². The molecule has 0 heterocycles. The third-order valence-electron chi connectivity index (χ3n) is 4.29. The number of hydrogen-bond acceptors (Lipinski definition) is 3. The van der Waals surface area contributed by atoms with Gasteiger partial charge in [0.15, 0.2) is 0 Å². The van der Waals surface area contributed by atoms with Gasteiger partial charge in [0, 0.05) is 25.7 Å². The summed E-state index contributed by atoms with van der Waals surface area (Å²) >= 11 is 0. The third-order valence-corrected chi connectivity index (χ3v) is 5.49. The summed E-state index contributed by atoms with van der Waals surface area (Å²) in [6, 6.07) is 16.7. The fraction of sp³-hybridized carbons (Fsp3) is 0.350. The summed E-state index contributed by atoms with van der Waals surface area (Å²) in [4.78, 5) is 14.0. The van der Waals surface area contributed by atoms with Crippen molar-refractivity contribution in [3.05, 3.63) is 60.2 Å². The van der Waals surface area contributed by atoms with Gasteiger partial charge in [0.25, 0.3) is 0 Å². The molecular formula is C20H26N2O3S. The Kier molecular flexibility index (Phi) is 6.42. The second-order valence-corrected chi connectivity index (χ2v) is 8.53. The van der Waals surface area contributed by atoms with Crippen LogP contribution in [0.15, 0.2) is 54.6 Å². The van der Waals surface area contributed by atoms with Gasteiger partial charge in [0.1, 0.15) is 0 Å². The first-order valence-corrected chi connectivity index (χ1v) is 10.4. The van der Waals surface area contributed by atoms with Crippen LogP contribution in [-0.4, -0.2) is 34.2 Å². The average molecular weight is 375 g/mol. The molecule has 2 rings (SSSR count). The quantitative estimate of drug-likeness (QED) is 0.744. The molecule has 0 unspecified atom stereocenters. The van der Waals surface area contributed by atoms with E-state index < -0.39 is 10.0 Å². The number of rotatable bonds is 7. The summed E-state index contributed by atoms with van der Waals surface area (Å²) in [6.45, 7) is 4.28. The number of nitrogens with zero attached hydrogens (tertiary/aromatic N) is 2. The van der Waals surface area contributed by atoms with E-state index in [0.717, 1.165) is 17.5 Å². The summed E-state index contributed by atoms with van der Waals surface area (Å²) in [7, 11) is -1.78. The normalized spacial score (nSPS) is 11.4. The molecule has 0 atom stereocenters. The van der Waals surface area contributed by atoms with Crippen LogP contribution in [-0.2, 0) is 14.8 Å². The highest BCUT2D eigenvalue weighted by molar-refractivity contribution is 7.92. The summed E-state index contributed by atoms with van der Waals surface area (Å²) in [5.74, 6) is 0.237. The molecule has 0 aliphatic heterocycles. The minimum atomic E-state index is -3.47. The van der Waals surface area contributed by atoms with Gasteiger partial charge in [0.2, 0.25) is 15.9 Å². The highest BCUT2D eigenvalue weighted by atomic mass is 32.2. The van der Waals surface area contributed by atoms with Crippen molar-refractivity contribution in [3.8, 4) is 0 Å². The van der Waals surface area contributed by atoms with Crippen molar-refractivity contribution in [2.24, 2.45) is 0 Å². The van der Waals surface area contributed by atoms with Gasteiger partial charge >= 0.3 is 0 Å². The fourth-order valence-corrected chi connectivity index (χ4v) is 3.60. The molecule has 26 heavy (non-hydrogen) atoms. The Morgan fingerprint density at radius 2 is 1.54 bits per heavy atom. The Bertz CT molecular complexity index is 831. The van der Waals surface area contributed by atoms with Crippen molar-refractivity contribution >= 4 is 27.3 Å². The van der Waals surface area contributed by atoms with Gasteiger partial charge in [-0.3, -0.25) is 9.10 Å². The maximum absolute atomic E-state index is 12.5. The van der Waals surface area contributed by atoms with Crippen molar-refractivity contribution in [2.45, 2.75) is 26.2 Å². The van der Waals surface area contributed by atoms with Crippen molar-refractivity contribution in [1.29, 1.82) is 0 Å². The lowest BCUT2D eigenvalue weighted by atomic mass is 10.0. The molecule has 0 saturated carbocycles. The molecule has 0 N–H and O–H groups in total. The molecular weight excluding hydrogens is 348 g/mol. The number of para-hydroxylation sites is 1. The van der Waals surface area contributed by atoms with Crippen LogP contribution in [0.1, 0.15) is 31.7 Å². The maximum atomic E-state index is 12.5. The number of anilines is 2. The number of amides is 1. The Labute approximate surface area is 156 Å². The highest BCUT2D eigenvalue weighted by Gasteiger charge is 2.20. The minimum Gasteiger partial charge on any atom is -0.315 e. The zero-order valence-electron chi connectivity index (χ0n) is 15.7. The Morgan fingerprint density at radius 1 is 0.962 bits per heavy atom. The van der Waals surface area contributed by atoms with Gasteiger partial charge in [-0.25, -0.2) is 8.42 Å². The molecule has 1 amide bonds. The molecule has 0 radical (unpaired) electrons. The Morgan fingerprint density at radius 3 is 2.04 bits per heavy atom. The van der Waals surface area contributed by atoms with E-state index in [0.29, 0.717) is 11.6 Å². The number of carbonyl (C=O) groups excluding carboxylic acids is 1. The predicted molar refractivity (Wildman–Crippen MR) is 107 cm³/mol. The monoisotopic (exact) mass is 374 g/mol. The first-order valence-electron chi connectivity index (χ1n) is 8.59. The number of hydrogen-bond donors (Lipinski definition) is 0. The SMILES string of the molecule is CC(C)c1ccc(N(CCC(=O)N(C)c2ccccc2)S(C)(=O)=O)cc1. The fourth-order valence-electron chi connectivity index (χ4n) is 2.67. The predicted octanol–water partition coefficient (Wildman–Crippen LogP) is 3.63. The molecule has 0 spiro atoms. The van der Waals surface area contributed by atoms with Crippen LogP contribution >= 0.6 is 0 Å². The smallest absolute Gasteiger partial charge is 0.232 e. The zero-order chi connectivity index (χ0) is 19.3. The lowest BCUT2D eigenvalue weighted by Gasteiger charge is -2.24. The summed E-state index contributed by atoms with van der Waals surface area (Å²) in [6.07, 6.45) is 1.26. The molecule has 0 fully saturated rings. The van der Waals surface area contributed by atoms with Crippen molar-refractivity contribution in [1.82, 2.24) is 0 Å². The molecule has 5 nitrogen and oxygen atoms in total. The van der Waals surface area contributed by atoms with E-state index >= 15 is 0 Å². The van der Waals surface area contributed by atoms with E-state index in [9.17, 15) is 13.2 Å². The van der Waals surface area contributed by atoms with Gasteiger partial charge in [0.05, 0.1) is 11.9 Å². The van der Waals surface area contributed by atoms with E-state index in [1.165, 1.54) is 4.31 Å². The lowest BCUT2D eigenvalue weighted by Crippen LogP contribution is -2.35. The van der Waals surface area contributed by atoms with Crippen LogP contribution in [0.2, 0.25) is 0 Å². The van der Waals surface area contributed by atoms with E-state index in [1.54, 1.807) is 24.1 Å². The number of benzene rings is 2. The summed E-state index contributed by atoms with van der Waals surface area (Å²) in [5, 5.41) is 0. The largest absolute Gasteiger partial charge is 0.315 e. The van der Waals surface area contributed by atoms with Crippen LogP contribution in [0, 0.1) is 0 Å². The molecule has 0 bridgehead atoms. The molecule has 140 valence electrons. The van der Waals surface area contributed by atoms with Gasteiger partial charge in [-0.2, -0.15) is 0 Å². The minimum absolute atomic E-state index is 0.102. The second kappa shape index (κ2) is 8.36. The van der Waals surface area contributed by atoms with E-state index in [1.807, 2.05) is 42.5 Å².